The lowest BCUT2D eigenvalue weighted by Crippen LogP contribution is -2.57. The number of hydrogen-bond acceptors (Lipinski definition) is 5. The van der Waals surface area contributed by atoms with Gasteiger partial charge >= 0.3 is 6.09 Å². The van der Waals surface area contributed by atoms with Crippen LogP contribution in [0.15, 0.2) is 11.3 Å². The lowest BCUT2D eigenvalue weighted by Gasteiger charge is -2.34. The zero-order valence-electron chi connectivity index (χ0n) is 17.7. The Morgan fingerprint density at radius 3 is 2.41 bits per heavy atom. The van der Waals surface area contributed by atoms with Gasteiger partial charge in [-0.25, -0.2) is 4.79 Å². The van der Waals surface area contributed by atoms with Gasteiger partial charge in [0.1, 0.15) is 11.9 Å². The minimum Gasteiger partial charge on any atom is -0.444 e. The Hall–Kier alpha value is -2.32. The smallest absolute Gasteiger partial charge is 0.408 e. The van der Waals surface area contributed by atoms with Gasteiger partial charge in [0.25, 0.3) is 0 Å². The molecule has 9 nitrogen and oxygen atoms in total. The molecule has 1 aromatic heterocycles. The second-order valence-electron chi connectivity index (χ2n) is 7.43. The van der Waals surface area contributed by atoms with E-state index in [1.54, 1.807) is 13.4 Å². The van der Waals surface area contributed by atoms with Crippen LogP contribution in [0.3, 0.4) is 0 Å². The van der Waals surface area contributed by atoms with E-state index in [-0.39, 0.29) is 0 Å². The number of hydrogen-bond donors (Lipinski definition) is 3. The largest absolute Gasteiger partial charge is 0.444 e. The van der Waals surface area contributed by atoms with Gasteiger partial charge in [-0.3, -0.25) is 4.99 Å². The number of alkyl carbamates (subject to hydrolysis) is 1. The number of aryl methyl sites for hydroxylation is 1. The van der Waals surface area contributed by atoms with E-state index in [9.17, 15) is 4.79 Å². The molecule has 0 bridgehead atoms. The van der Waals surface area contributed by atoms with Crippen molar-refractivity contribution < 1.29 is 9.53 Å². The highest BCUT2D eigenvalue weighted by molar-refractivity contribution is 5.79. The third-order valence-electron chi connectivity index (χ3n) is 4.39. The molecule has 1 heterocycles. The molecule has 0 aliphatic carbocycles. The van der Waals surface area contributed by atoms with Crippen LogP contribution in [0.2, 0.25) is 0 Å². The summed E-state index contributed by atoms with van der Waals surface area (Å²) in [5, 5.41) is 17.6. The molecule has 0 radical (unpaired) electrons. The zero-order chi connectivity index (χ0) is 20.5. The van der Waals surface area contributed by atoms with Gasteiger partial charge in [0, 0.05) is 20.1 Å². The molecule has 0 atom stereocenters. The van der Waals surface area contributed by atoms with Crippen molar-refractivity contribution in [1.29, 1.82) is 0 Å². The minimum atomic E-state index is -0.530. The second-order valence-corrected chi connectivity index (χ2v) is 7.43. The van der Waals surface area contributed by atoms with E-state index >= 15 is 0 Å². The van der Waals surface area contributed by atoms with Crippen LogP contribution in [0.5, 0.6) is 0 Å². The third kappa shape index (κ3) is 7.44. The highest BCUT2D eigenvalue weighted by atomic mass is 16.6. The number of amides is 1. The first-order chi connectivity index (χ1) is 12.7. The fourth-order valence-electron chi connectivity index (χ4n) is 2.56. The summed E-state index contributed by atoms with van der Waals surface area (Å²) in [6, 6.07) is 0. The molecule has 27 heavy (non-hydrogen) atoms. The number of aliphatic imine (C=N–C) groups is 1. The van der Waals surface area contributed by atoms with Crippen LogP contribution in [-0.2, 0) is 17.8 Å². The molecule has 0 aliphatic rings. The molecule has 0 saturated carbocycles. The van der Waals surface area contributed by atoms with Crippen molar-refractivity contribution in [3.05, 3.63) is 12.2 Å². The second kappa shape index (κ2) is 10.1. The quantitative estimate of drug-likeness (QED) is 0.470. The predicted octanol–water partition coefficient (Wildman–Crippen LogP) is 2.05. The number of rotatable bonds is 8. The van der Waals surface area contributed by atoms with Crippen LogP contribution in [0.4, 0.5) is 4.79 Å². The number of carbonyl (C=O) groups excluding carboxylic acids is 1. The van der Waals surface area contributed by atoms with Crippen molar-refractivity contribution in [3.63, 3.8) is 0 Å². The summed E-state index contributed by atoms with van der Waals surface area (Å²) in [5.74, 6) is 1.47. The molecular formula is C18H35N7O2. The van der Waals surface area contributed by atoms with Gasteiger partial charge in [-0.2, -0.15) is 0 Å². The van der Waals surface area contributed by atoms with Crippen molar-refractivity contribution >= 4 is 12.1 Å². The van der Waals surface area contributed by atoms with Crippen molar-refractivity contribution in [3.8, 4) is 0 Å². The molecule has 1 rings (SSSR count). The highest BCUT2D eigenvalue weighted by Crippen LogP contribution is 2.16. The van der Waals surface area contributed by atoms with Crippen molar-refractivity contribution in [1.82, 2.24) is 30.7 Å². The van der Waals surface area contributed by atoms with E-state index in [1.807, 2.05) is 46.1 Å². The topological polar surface area (TPSA) is 105 Å². The molecule has 0 aromatic carbocycles. The lowest BCUT2D eigenvalue weighted by molar-refractivity contribution is 0.0448. The van der Waals surface area contributed by atoms with Crippen LogP contribution in [0, 0.1) is 0 Å². The Labute approximate surface area is 162 Å². The zero-order valence-corrected chi connectivity index (χ0v) is 17.7. The van der Waals surface area contributed by atoms with Gasteiger partial charge in [0.05, 0.1) is 12.1 Å². The summed E-state index contributed by atoms with van der Waals surface area (Å²) < 4.78 is 7.38. The van der Waals surface area contributed by atoms with E-state index < -0.39 is 17.2 Å². The van der Waals surface area contributed by atoms with E-state index in [1.165, 1.54) is 0 Å². The Morgan fingerprint density at radius 1 is 1.22 bits per heavy atom. The lowest BCUT2D eigenvalue weighted by atomic mass is 9.93. The maximum Gasteiger partial charge on any atom is 0.408 e. The number of nitrogens with zero attached hydrogens (tertiary/aromatic N) is 4. The van der Waals surface area contributed by atoms with Gasteiger partial charge in [-0.1, -0.05) is 13.8 Å². The van der Waals surface area contributed by atoms with Gasteiger partial charge in [-0.15, -0.1) is 10.2 Å². The van der Waals surface area contributed by atoms with Crippen LogP contribution in [0.25, 0.3) is 0 Å². The molecule has 0 saturated heterocycles. The molecular weight excluding hydrogens is 346 g/mol. The Balaban J connectivity index is 2.66. The van der Waals surface area contributed by atoms with Crippen LogP contribution in [0.1, 0.15) is 60.2 Å². The molecule has 0 aliphatic heterocycles. The van der Waals surface area contributed by atoms with Crippen LogP contribution >= 0.6 is 0 Å². The maximum atomic E-state index is 12.2. The first kappa shape index (κ1) is 22.7. The number of carbonyl (C=O) groups is 1. The summed E-state index contributed by atoms with van der Waals surface area (Å²) in [4.78, 5) is 16.5. The molecule has 0 fully saturated rings. The monoisotopic (exact) mass is 381 g/mol. The fraction of sp³-hybridized carbons (Fsp3) is 0.778. The molecule has 3 N–H and O–H groups in total. The average molecular weight is 382 g/mol. The number of guanidine groups is 1. The summed E-state index contributed by atoms with van der Waals surface area (Å²) in [7, 11) is 1.71. The van der Waals surface area contributed by atoms with Crippen molar-refractivity contribution in [2.75, 3.05) is 13.6 Å². The molecule has 0 unspecified atom stereocenters. The SMILES string of the molecule is CCn1cnnc1CNC(=NC)NCC(CC)(CC)NC(=O)OC(C)(C)C. The molecule has 1 amide bonds. The molecule has 1 aromatic rings. The normalized spacial score (nSPS) is 12.6. The number of aromatic nitrogens is 3. The van der Waals surface area contributed by atoms with E-state index in [0.717, 1.165) is 25.2 Å². The maximum absolute atomic E-state index is 12.2. The van der Waals surface area contributed by atoms with Crippen LogP contribution in [-0.4, -0.2) is 51.5 Å². The summed E-state index contributed by atoms with van der Waals surface area (Å²) in [5.41, 5.74) is -0.957. The number of nitrogens with one attached hydrogen (secondary N) is 3. The average Bonchev–Trinajstić information content (AvgIpc) is 3.06. The standard InChI is InChI=1S/C18H35N7O2/c1-8-18(9-2,23-16(26)27-17(4,5)6)12-21-15(19-7)20-11-14-24-22-13-25(14)10-3/h13H,8-12H2,1-7H3,(H,23,26)(H2,19,20,21). The first-order valence-corrected chi connectivity index (χ1v) is 9.51. The number of ether oxygens (including phenoxy) is 1. The summed E-state index contributed by atoms with van der Waals surface area (Å²) in [6.45, 7) is 13.5. The van der Waals surface area contributed by atoms with E-state index in [2.05, 4.69) is 31.1 Å². The molecule has 154 valence electrons. The Bertz CT molecular complexity index is 615. The first-order valence-electron chi connectivity index (χ1n) is 9.51. The molecule has 0 spiro atoms. The summed E-state index contributed by atoms with van der Waals surface area (Å²) in [6.07, 6.45) is 2.82. The minimum absolute atomic E-state index is 0.410. The van der Waals surface area contributed by atoms with Gasteiger partial charge in [0.15, 0.2) is 11.8 Å². The Kier molecular flexibility index (Phi) is 8.52. The van der Waals surface area contributed by atoms with Gasteiger partial charge < -0.3 is 25.3 Å². The predicted molar refractivity (Wildman–Crippen MR) is 107 cm³/mol. The third-order valence-corrected chi connectivity index (χ3v) is 4.39. The van der Waals surface area contributed by atoms with Crippen LogP contribution < -0.4 is 16.0 Å². The van der Waals surface area contributed by atoms with Gasteiger partial charge in [-0.05, 0) is 40.5 Å². The van der Waals surface area contributed by atoms with E-state index in [4.69, 9.17) is 4.74 Å². The fourth-order valence-corrected chi connectivity index (χ4v) is 2.56. The summed E-state index contributed by atoms with van der Waals surface area (Å²) >= 11 is 0. The highest BCUT2D eigenvalue weighted by Gasteiger charge is 2.30. The Morgan fingerprint density at radius 2 is 1.89 bits per heavy atom. The van der Waals surface area contributed by atoms with Gasteiger partial charge in [0.2, 0.25) is 0 Å². The van der Waals surface area contributed by atoms with Crippen molar-refractivity contribution in [2.45, 2.75) is 78.6 Å². The van der Waals surface area contributed by atoms with Crippen molar-refractivity contribution in [2.24, 2.45) is 4.99 Å². The molecule has 9 heteroatoms. The van der Waals surface area contributed by atoms with E-state index in [0.29, 0.717) is 19.0 Å².